The highest BCUT2D eigenvalue weighted by Crippen LogP contribution is 2.28. The van der Waals surface area contributed by atoms with E-state index in [0.29, 0.717) is 12.6 Å². The van der Waals surface area contributed by atoms with Gasteiger partial charge in [0.15, 0.2) is 11.6 Å². The number of benzene rings is 2. The van der Waals surface area contributed by atoms with Gasteiger partial charge in [-0.25, -0.2) is 13.2 Å². The monoisotopic (exact) mass is 293 g/mol. The molecule has 2 aromatic rings. The van der Waals surface area contributed by atoms with Crippen molar-refractivity contribution in [3.05, 3.63) is 70.0 Å². The Kier molecular flexibility index (Phi) is 4.68. The summed E-state index contributed by atoms with van der Waals surface area (Å²) in [5.41, 5.74) is 3.04. The van der Waals surface area contributed by atoms with E-state index < -0.39 is 23.5 Å². The Morgan fingerprint density at radius 3 is 2.19 bits per heavy atom. The lowest BCUT2D eigenvalue weighted by Crippen LogP contribution is -2.24. The molecule has 0 radical (unpaired) electrons. The van der Waals surface area contributed by atoms with Crippen molar-refractivity contribution in [3.63, 3.8) is 0 Å². The molecule has 2 aromatic carbocycles. The summed E-state index contributed by atoms with van der Waals surface area (Å²) in [6.07, 6.45) is 0. The largest absolute Gasteiger partial charge is 0.306 e. The predicted octanol–water partition coefficient (Wildman–Crippen LogP) is 4.42. The van der Waals surface area contributed by atoms with Crippen LogP contribution in [0.1, 0.15) is 35.2 Å². The smallest absolute Gasteiger partial charge is 0.161 e. The number of hydrogen-bond donors (Lipinski definition) is 1. The summed E-state index contributed by atoms with van der Waals surface area (Å²) in [5.74, 6) is -2.97. The van der Waals surface area contributed by atoms with Crippen molar-refractivity contribution in [1.82, 2.24) is 5.32 Å². The zero-order valence-corrected chi connectivity index (χ0v) is 12.3. The van der Waals surface area contributed by atoms with E-state index in [0.717, 1.165) is 22.8 Å². The second kappa shape index (κ2) is 6.31. The lowest BCUT2D eigenvalue weighted by Gasteiger charge is -2.22. The molecule has 0 heterocycles. The Morgan fingerprint density at radius 2 is 1.57 bits per heavy atom. The quantitative estimate of drug-likeness (QED) is 0.823. The summed E-state index contributed by atoms with van der Waals surface area (Å²) in [5, 5.41) is 3.13. The fourth-order valence-electron chi connectivity index (χ4n) is 2.50. The molecule has 0 aliphatic carbocycles. The van der Waals surface area contributed by atoms with Crippen LogP contribution in [0, 0.1) is 31.3 Å². The fourth-order valence-corrected chi connectivity index (χ4v) is 2.50. The molecule has 21 heavy (non-hydrogen) atoms. The number of hydrogen-bond acceptors (Lipinski definition) is 1. The minimum Gasteiger partial charge on any atom is -0.306 e. The lowest BCUT2D eigenvalue weighted by molar-refractivity contribution is 0.481. The Labute approximate surface area is 122 Å². The highest BCUT2D eigenvalue weighted by molar-refractivity contribution is 5.39. The number of aryl methyl sites for hydroxylation is 2. The van der Waals surface area contributed by atoms with Gasteiger partial charge < -0.3 is 5.32 Å². The molecule has 112 valence electrons. The van der Waals surface area contributed by atoms with Crippen LogP contribution in [0.3, 0.4) is 0 Å². The van der Waals surface area contributed by atoms with Gasteiger partial charge in [-0.15, -0.1) is 0 Å². The molecule has 0 aliphatic heterocycles. The fraction of sp³-hybridized carbons (Fsp3) is 0.294. The second-order valence-corrected chi connectivity index (χ2v) is 5.14. The van der Waals surface area contributed by atoms with Gasteiger partial charge in [-0.2, -0.15) is 0 Å². The summed E-state index contributed by atoms with van der Waals surface area (Å²) in [6.45, 7) is 6.35. The average molecular weight is 293 g/mol. The second-order valence-electron chi connectivity index (χ2n) is 5.14. The van der Waals surface area contributed by atoms with Crippen molar-refractivity contribution < 1.29 is 13.2 Å². The van der Waals surface area contributed by atoms with Gasteiger partial charge in [0.25, 0.3) is 0 Å². The first-order valence-electron chi connectivity index (χ1n) is 6.89. The van der Waals surface area contributed by atoms with Crippen molar-refractivity contribution >= 4 is 0 Å². The number of halogens is 3. The van der Waals surface area contributed by atoms with Gasteiger partial charge in [0.1, 0.15) is 5.82 Å². The van der Waals surface area contributed by atoms with E-state index in [1.54, 1.807) is 0 Å². The van der Waals surface area contributed by atoms with Crippen LogP contribution in [0.2, 0.25) is 0 Å². The van der Waals surface area contributed by atoms with Crippen LogP contribution in [-0.2, 0) is 0 Å². The molecule has 0 saturated carbocycles. The van der Waals surface area contributed by atoms with Crippen molar-refractivity contribution in [2.75, 3.05) is 6.54 Å². The van der Waals surface area contributed by atoms with Gasteiger partial charge >= 0.3 is 0 Å². The Balaban J connectivity index is 2.55. The van der Waals surface area contributed by atoms with Crippen LogP contribution < -0.4 is 5.32 Å². The SMILES string of the molecule is CCNC(c1ccc(C)cc1C)c1cc(F)c(F)cc1F. The Hall–Kier alpha value is -1.81. The standard InChI is InChI=1S/C17H18F3N/c1-4-21-17(12-6-5-10(2)7-11(12)3)13-8-15(19)16(20)9-14(13)18/h5-9,17,21H,4H2,1-3H3. The molecule has 1 unspecified atom stereocenters. The summed E-state index contributed by atoms with van der Waals surface area (Å²) < 4.78 is 40.6. The molecule has 1 atom stereocenters. The van der Waals surface area contributed by atoms with Gasteiger partial charge in [-0.3, -0.25) is 0 Å². The minimum absolute atomic E-state index is 0.114. The van der Waals surface area contributed by atoms with Crippen LogP contribution in [0.4, 0.5) is 13.2 Å². The van der Waals surface area contributed by atoms with Crippen LogP contribution in [0.25, 0.3) is 0 Å². The van der Waals surface area contributed by atoms with Crippen LogP contribution in [0.15, 0.2) is 30.3 Å². The molecule has 0 aromatic heterocycles. The molecule has 0 aliphatic rings. The summed E-state index contributed by atoms with van der Waals surface area (Å²) in [7, 11) is 0. The molecule has 0 amide bonds. The van der Waals surface area contributed by atoms with E-state index in [2.05, 4.69) is 5.32 Å². The highest BCUT2D eigenvalue weighted by Gasteiger charge is 2.21. The maximum absolute atomic E-state index is 14.1. The van der Waals surface area contributed by atoms with Crippen LogP contribution in [0.5, 0.6) is 0 Å². The zero-order valence-electron chi connectivity index (χ0n) is 12.3. The molecular weight excluding hydrogens is 275 g/mol. The number of rotatable bonds is 4. The highest BCUT2D eigenvalue weighted by atomic mass is 19.2. The molecule has 4 heteroatoms. The molecular formula is C17H18F3N. The maximum atomic E-state index is 14.1. The lowest BCUT2D eigenvalue weighted by atomic mass is 9.93. The molecule has 2 rings (SSSR count). The van der Waals surface area contributed by atoms with Gasteiger partial charge in [-0.05, 0) is 37.6 Å². The molecule has 1 nitrogen and oxygen atoms in total. The van der Waals surface area contributed by atoms with E-state index in [-0.39, 0.29) is 5.56 Å². The van der Waals surface area contributed by atoms with Gasteiger partial charge in [0, 0.05) is 11.6 Å². The minimum atomic E-state index is -1.17. The van der Waals surface area contributed by atoms with Crippen molar-refractivity contribution in [2.24, 2.45) is 0 Å². The first-order chi connectivity index (χ1) is 9.93. The van der Waals surface area contributed by atoms with E-state index >= 15 is 0 Å². The Morgan fingerprint density at radius 1 is 0.905 bits per heavy atom. The summed E-state index contributed by atoms with van der Waals surface area (Å²) in [4.78, 5) is 0. The van der Waals surface area contributed by atoms with Gasteiger partial charge in [-0.1, -0.05) is 30.7 Å². The zero-order chi connectivity index (χ0) is 15.6. The molecule has 0 fully saturated rings. The van der Waals surface area contributed by atoms with E-state index in [4.69, 9.17) is 0 Å². The van der Waals surface area contributed by atoms with E-state index in [1.165, 1.54) is 0 Å². The summed E-state index contributed by atoms with van der Waals surface area (Å²) >= 11 is 0. The molecule has 0 spiro atoms. The third kappa shape index (κ3) is 3.27. The maximum Gasteiger partial charge on any atom is 0.161 e. The Bertz CT molecular complexity index is 653. The summed E-state index contributed by atoms with van der Waals surface area (Å²) in [6, 6.07) is 6.81. The van der Waals surface area contributed by atoms with Gasteiger partial charge in [0.2, 0.25) is 0 Å². The van der Waals surface area contributed by atoms with Gasteiger partial charge in [0.05, 0.1) is 6.04 Å². The molecule has 1 N–H and O–H groups in total. The van der Waals surface area contributed by atoms with Crippen molar-refractivity contribution in [1.29, 1.82) is 0 Å². The van der Waals surface area contributed by atoms with Crippen molar-refractivity contribution in [2.45, 2.75) is 26.8 Å². The van der Waals surface area contributed by atoms with E-state index in [9.17, 15) is 13.2 Å². The predicted molar refractivity (Wildman–Crippen MR) is 77.8 cm³/mol. The number of nitrogens with one attached hydrogen (secondary N) is 1. The van der Waals surface area contributed by atoms with Crippen LogP contribution >= 0.6 is 0 Å². The first-order valence-corrected chi connectivity index (χ1v) is 6.89. The van der Waals surface area contributed by atoms with Crippen LogP contribution in [-0.4, -0.2) is 6.54 Å². The van der Waals surface area contributed by atoms with E-state index in [1.807, 2.05) is 39.0 Å². The first kappa shape index (κ1) is 15.6. The molecule has 0 saturated heterocycles. The normalized spacial score (nSPS) is 12.5. The average Bonchev–Trinajstić information content (AvgIpc) is 2.41. The van der Waals surface area contributed by atoms with Crippen molar-refractivity contribution in [3.8, 4) is 0 Å². The topological polar surface area (TPSA) is 12.0 Å². The third-order valence-corrected chi connectivity index (χ3v) is 3.50. The molecule has 0 bridgehead atoms. The third-order valence-electron chi connectivity index (χ3n) is 3.50.